The Hall–Kier alpha value is -1.16. The number of piperidine rings is 1. The predicted octanol–water partition coefficient (Wildman–Crippen LogP) is 2.65. The van der Waals surface area contributed by atoms with Crippen molar-refractivity contribution >= 4 is 5.82 Å². The molecule has 2 heterocycles. The summed E-state index contributed by atoms with van der Waals surface area (Å²) in [6, 6.07) is 0. The first-order valence-corrected chi connectivity index (χ1v) is 8.40. The Morgan fingerprint density at radius 3 is 2.52 bits per heavy atom. The van der Waals surface area contributed by atoms with Gasteiger partial charge in [-0.05, 0) is 57.3 Å². The molecule has 116 valence electrons. The number of rotatable bonds is 3. The summed E-state index contributed by atoms with van der Waals surface area (Å²) in [5.74, 6) is 2.08. The maximum atomic E-state index is 9.69. The van der Waals surface area contributed by atoms with Crippen molar-refractivity contribution in [2.45, 2.75) is 58.8 Å². The second kappa shape index (κ2) is 5.91. The number of aromatic nitrogens is 2. The van der Waals surface area contributed by atoms with Gasteiger partial charge in [0.15, 0.2) is 0 Å². The number of hydrogen-bond acceptors (Lipinski definition) is 4. The Balaban J connectivity index is 1.84. The van der Waals surface area contributed by atoms with Crippen molar-refractivity contribution in [3.63, 3.8) is 0 Å². The number of aliphatic hydroxyl groups is 1. The van der Waals surface area contributed by atoms with Crippen LogP contribution in [0.1, 0.15) is 56.1 Å². The Bertz CT molecular complexity index is 501. The fourth-order valence-corrected chi connectivity index (χ4v) is 3.77. The van der Waals surface area contributed by atoms with Gasteiger partial charge in [0.05, 0.1) is 0 Å². The molecule has 0 aromatic carbocycles. The second-order valence-corrected chi connectivity index (χ2v) is 6.73. The van der Waals surface area contributed by atoms with Crippen LogP contribution in [-0.4, -0.2) is 34.8 Å². The molecule has 1 fully saturated rings. The lowest BCUT2D eigenvalue weighted by Crippen LogP contribution is -2.42. The van der Waals surface area contributed by atoms with Gasteiger partial charge >= 0.3 is 0 Å². The third-order valence-corrected chi connectivity index (χ3v) is 5.48. The highest BCUT2D eigenvalue weighted by atomic mass is 16.3. The van der Waals surface area contributed by atoms with Gasteiger partial charge in [0.1, 0.15) is 11.6 Å². The highest BCUT2D eigenvalue weighted by Crippen LogP contribution is 2.37. The van der Waals surface area contributed by atoms with Gasteiger partial charge in [-0.15, -0.1) is 0 Å². The Kier molecular flexibility index (Phi) is 4.16. The highest BCUT2D eigenvalue weighted by Gasteiger charge is 2.34. The lowest BCUT2D eigenvalue weighted by Gasteiger charge is -2.41. The van der Waals surface area contributed by atoms with Crippen molar-refractivity contribution in [3.8, 4) is 0 Å². The monoisotopic (exact) mass is 289 g/mol. The van der Waals surface area contributed by atoms with Crippen molar-refractivity contribution in [3.05, 3.63) is 17.1 Å². The van der Waals surface area contributed by atoms with E-state index in [0.717, 1.165) is 51.0 Å². The van der Waals surface area contributed by atoms with Crippen LogP contribution in [0.25, 0.3) is 0 Å². The number of aliphatic hydroxyl groups excluding tert-OH is 1. The summed E-state index contributed by atoms with van der Waals surface area (Å²) in [6.07, 6.45) is 7.95. The molecule has 0 unspecified atom stereocenters. The van der Waals surface area contributed by atoms with Crippen molar-refractivity contribution in [1.82, 2.24) is 9.97 Å². The number of anilines is 1. The topological polar surface area (TPSA) is 49.2 Å². The molecular weight excluding hydrogens is 262 g/mol. The van der Waals surface area contributed by atoms with Gasteiger partial charge in [0, 0.05) is 31.0 Å². The Morgan fingerprint density at radius 1 is 1.14 bits per heavy atom. The van der Waals surface area contributed by atoms with Gasteiger partial charge in [0.25, 0.3) is 0 Å². The zero-order valence-corrected chi connectivity index (χ0v) is 13.4. The average Bonchev–Trinajstić information content (AvgIpc) is 2.54. The normalized spacial score (nSPS) is 21.2. The number of nitrogens with zero attached hydrogens (tertiary/aromatic N) is 3. The van der Waals surface area contributed by atoms with Crippen molar-refractivity contribution in [2.24, 2.45) is 5.41 Å². The van der Waals surface area contributed by atoms with E-state index in [9.17, 15) is 5.11 Å². The van der Waals surface area contributed by atoms with E-state index in [1.807, 2.05) is 6.92 Å². The molecule has 0 saturated carbocycles. The third kappa shape index (κ3) is 2.78. The van der Waals surface area contributed by atoms with Crippen LogP contribution in [0, 0.1) is 12.3 Å². The molecule has 4 heteroatoms. The van der Waals surface area contributed by atoms with Crippen LogP contribution in [0.15, 0.2) is 0 Å². The minimum Gasteiger partial charge on any atom is -0.396 e. The predicted molar refractivity (Wildman–Crippen MR) is 84.7 cm³/mol. The van der Waals surface area contributed by atoms with E-state index in [0.29, 0.717) is 6.61 Å². The van der Waals surface area contributed by atoms with Crippen LogP contribution >= 0.6 is 0 Å². The van der Waals surface area contributed by atoms with Crippen LogP contribution in [0.2, 0.25) is 0 Å². The van der Waals surface area contributed by atoms with E-state index >= 15 is 0 Å². The molecule has 21 heavy (non-hydrogen) atoms. The Labute approximate surface area is 127 Å². The van der Waals surface area contributed by atoms with E-state index in [4.69, 9.17) is 4.98 Å². The lowest BCUT2D eigenvalue weighted by atomic mass is 9.77. The van der Waals surface area contributed by atoms with Gasteiger partial charge in [-0.1, -0.05) is 6.92 Å². The van der Waals surface area contributed by atoms with Crippen LogP contribution in [0.3, 0.4) is 0 Å². The molecule has 1 aromatic heterocycles. The fraction of sp³-hybridized carbons (Fsp3) is 0.765. The number of fused-ring (bicyclic) bond motifs is 1. The SMILES string of the molecule is CCC1(CO)CCN(c2nc(C)nc3c2CCCC3)CC1. The van der Waals surface area contributed by atoms with Crippen LogP contribution in [0.4, 0.5) is 5.82 Å². The average molecular weight is 289 g/mol. The molecule has 4 nitrogen and oxygen atoms in total. The largest absolute Gasteiger partial charge is 0.396 e. The summed E-state index contributed by atoms with van der Waals surface area (Å²) in [6.45, 7) is 6.54. The summed E-state index contributed by atoms with van der Waals surface area (Å²) < 4.78 is 0. The number of hydrogen-bond donors (Lipinski definition) is 1. The van der Waals surface area contributed by atoms with Gasteiger partial charge in [-0.3, -0.25) is 0 Å². The van der Waals surface area contributed by atoms with Crippen molar-refractivity contribution < 1.29 is 5.11 Å². The minimum absolute atomic E-state index is 0.138. The molecule has 1 aromatic rings. The third-order valence-electron chi connectivity index (χ3n) is 5.48. The summed E-state index contributed by atoms with van der Waals surface area (Å²) in [5.41, 5.74) is 2.80. The maximum absolute atomic E-state index is 9.69. The smallest absolute Gasteiger partial charge is 0.135 e. The molecule has 1 saturated heterocycles. The highest BCUT2D eigenvalue weighted by molar-refractivity contribution is 5.50. The van der Waals surface area contributed by atoms with E-state index in [-0.39, 0.29) is 5.41 Å². The van der Waals surface area contributed by atoms with Crippen LogP contribution in [-0.2, 0) is 12.8 Å². The summed E-state index contributed by atoms with van der Waals surface area (Å²) in [5, 5.41) is 9.69. The molecule has 3 rings (SSSR count). The first-order valence-electron chi connectivity index (χ1n) is 8.40. The maximum Gasteiger partial charge on any atom is 0.135 e. The molecule has 0 radical (unpaired) electrons. The zero-order valence-electron chi connectivity index (χ0n) is 13.4. The molecule has 0 bridgehead atoms. The van der Waals surface area contributed by atoms with Crippen LogP contribution < -0.4 is 4.90 Å². The molecule has 1 N–H and O–H groups in total. The second-order valence-electron chi connectivity index (χ2n) is 6.73. The summed E-state index contributed by atoms with van der Waals surface area (Å²) >= 11 is 0. The van der Waals surface area contributed by atoms with E-state index in [2.05, 4.69) is 16.8 Å². The van der Waals surface area contributed by atoms with E-state index in [1.165, 1.54) is 29.9 Å². The molecule has 0 amide bonds. The van der Waals surface area contributed by atoms with Crippen LogP contribution in [0.5, 0.6) is 0 Å². The van der Waals surface area contributed by atoms with Crippen molar-refractivity contribution in [2.75, 3.05) is 24.6 Å². The van der Waals surface area contributed by atoms with E-state index < -0.39 is 0 Å². The van der Waals surface area contributed by atoms with E-state index in [1.54, 1.807) is 0 Å². The summed E-state index contributed by atoms with van der Waals surface area (Å²) in [4.78, 5) is 11.8. The molecule has 0 atom stereocenters. The lowest BCUT2D eigenvalue weighted by molar-refractivity contribution is 0.0920. The van der Waals surface area contributed by atoms with Gasteiger partial charge in [-0.25, -0.2) is 9.97 Å². The van der Waals surface area contributed by atoms with Gasteiger partial charge in [-0.2, -0.15) is 0 Å². The van der Waals surface area contributed by atoms with Gasteiger partial charge < -0.3 is 10.0 Å². The summed E-state index contributed by atoms with van der Waals surface area (Å²) in [7, 11) is 0. The minimum atomic E-state index is 0.138. The zero-order chi connectivity index (χ0) is 14.9. The first kappa shape index (κ1) is 14.8. The molecule has 0 spiro atoms. The molecular formula is C17H27N3O. The Morgan fingerprint density at radius 2 is 1.86 bits per heavy atom. The molecule has 1 aliphatic carbocycles. The first-order chi connectivity index (χ1) is 10.2. The number of aryl methyl sites for hydroxylation is 2. The fourth-order valence-electron chi connectivity index (χ4n) is 3.77. The standard InChI is InChI=1S/C17H27N3O/c1-3-17(12-21)8-10-20(11-9-17)16-14-6-4-5-7-15(14)18-13(2)19-16/h21H,3-12H2,1-2H3. The molecule has 2 aliphatic rings. The van der Waals surface area contributed by atoms with Gasteiger partial charge in [0.2, 0.25) is 0 Å². The quantitative estimate of drug-likeness (QED) is 0.929. The molecule has 1 aliphatic heterocycles. The van der Waals surface area contributed by atoms with Crippen molar-refractivity contribution in [1.29, 1.82) is 0 Å².